The third kappa shape index (κ3) is 2.07. The zero-order valence-electron chi connectivity index (χ0n) is 9.38. The fourth-order valence-corrected chi connectivity index (χ4v) is 2.97. The number of rotatable bonds is 6. The Kier molecular flexibility index (Phi) is 4.68. The highest BCUT2D eigenvalue weighted by atomic mass is 35.5. The number of ether oxygens (including phenoxy) is 2. The van der Waals surface area contributed by atoms with Crippen LogP contribution >= 0.6 is 11.6 Å². The fraction of sp³-hybridized carbons (Fsp3) is 1.00. The molecule has 0 aromatic rings. The van der Waals surface area contributed by atoms with E-state index in [-0.39, 0.29) is 5.41 Å². The monoisotopic (exact) mass is 220 g/mol. The van der Waals surface area contributed by atoms with Crippen molar-refractivity contribution in [3.8, 4) is 0 Å². The average molecular weight is 221 g/mol. The summed E-state index contributed by atoms with van der Waals surface area (Å²) >= 11 is 6.27. The summed E-state index contributed by atoms with van der Waals surface area (Å²) in [5.74, 6) is 0. The topological polar surface area (TPSA) is 18.5 Å². The van der Waals surface area contributed by atoms with Crippen molar-refractivity contribution in [1.29, 1.82) is 0 Å². The first-order valence-corrected chi connectivity index (χ1v) is 5.89. The molecular formula is C11H21ClO2. The van der Waals surface area contributed by atoms with Crippen molar-refractivity contribution in [1.82, 2.24) is 0 Å². The van der Waals surface area contributed by atoms with Gasteiger partial charge in [0.05, 0.1) is 19.3 Å². The maximum atomic E-state index is 6.27. The molecule has 2 nitrogen and oxygen atoms in total. The number of methoxy groups -OCH3 is 1. The summed E-state index contributed by atoms with van der Waals surface area (Å²) in [7, 11) is 1.70. The Morgan fingerprint density at radius 3 is 2.36 bits per heavy atom. The van der Waals surface area contributed by atoms with Crippen LogP contribution in [0.5, 0.6) is 0 Å². The molecule has 0 aliphatic heterocycles. The van der Waals surface area contributed by atoms with Crippen LogP contribution in [-0.4, -0.2) is 31.8 Å². The molecule has 14 heavy (non-hydrogen) atoms. The molecule has 84 valence electrons. The molecule has 2 unspecified atom stereocenters. The molecule has 1 aliphatic carbocycles. The van der Waals surface area contributed by atoms with E-state index in [1.807, 2.05) is 0 Å². The highest BCUT2D eigenvalue weighted by molar-refractivity contribution is 6.21. The highest BCUT2D eigenvalue weighted by Crippen LogP contribution is 2.51. The predicted octanol–water partition coefficient (Wildman–Crippen LogP) is 2.84. The maximum absolute atomic E-state index is 6.27. The van der Waals surface area contributed by atoms with Gasteiger partial charge in [-0.05, 0) is 19.3 Å². The fourth-order valence-electron chi connectivity index (χ4n) is 2.35. The molecular weight excluding hydrogens is 200 g/mol. The second kappa shape index (κ2) is 5.34. The highest BCUT2D eigenvalue weighted by Gasteiger charge is 2.52. The molecule has 0 heterocycles. The zero-order chi connectivity index (χ0) is 10.6. The third-order valence-electron chi connectivity index (χ3n) is 3.61. The van der Waals surface area contributed by atoms with Gasteiger partial charge in [-0.15, -0.1) is 11.6 Å². The van der Waals surface area contributed by atoms with Crippen LogP contribution in [0.1, 0.15) is 33.1 Å². The summed E-state index contributed by atoms with van der Waals surface area (Å²) in [5.41, 5.74) is 0.218. The lowest BCUT2D eigenvalue weighted by Crippen LogP contribution is -2.55. The van der Waals surface area contributed by atoms with Crippen LogP contribution in [0, 0.1) is 5.41 Å². The van der Waals surface area contributed by atoms with E-state index in [0.29, 0.717) is 24.7 Å². The van der Waals surface area contributed by atoms with Crippen LogP contribution in [0.15, 0.2) is 0 Å². The predicted molar refractivity (Wildman–Crippen MR) is 58.9 cm³/mol. The lowest BCUT2D eigenvalue weighted by atomic mass is 9.62. The Hall–Kier alpha value is 0.210. The van der Waals surface area contributed by atoms with Gasteiger partial charge in [-0.25, -0.2) is 0 Å². The van der Waals surface area contributed by atoms with Gasteiger partial charge in [0.15, 0.2) is 0 Å². The lowest BCUT2D eigenvalue weighted by Gasteiger charge is -2.52. The van der Waals surface area contributed by atoms with Gasteiger partial charge in [-0.3, -0.25) is 0 Å². The Balaban J connectivity index is 2.39. The van der Waals surface area contributed by atoms with Crippen molar-refractivity contribution in [3.63, 3.8) is 0 Å². The van der Waals surface area contributed by atoms with E-state index in [1.54, 1.807) is 7.11 Å². The first-order valence-electron chi connectivity index (χ1n) is 5.45. The molecule has 1 aliphatic rings. The van der Waals surface area contributed by atoms with Crippen molar-refractivity contribution in [3.05, 3.63) is 0 Å². The average Bonchev–Trinajstić information content (AvgIpc) is 2.19. The minimum absolute atomic E-state index is 0.218. The van der Waals surface area contributed by atoms with Gasteiger partial charge in [-0.2, -0.15) is 0 Å². The number of hydrogen-bond donors (Lipinski definition) is 0. The molecule has 0 radical (unpaired) electrons. The first kappa shape index (κ1) is 12.3. The molecule has 1 saturated carbocycles. The second-order valence-electron chi connectivity index (χ2n) is 4.00. The summed E-state index contributed by atoms with van der Waals surface area (Å²) < 4.78 is 10.7. The maximum Gasteiger partial charge on any atom is 0.0704 e. The molecule has 2 atom stereocenters. The van der Waals surface area contributed by atoms with Gasteiger partial charge in [0.25, 0.3) is 0 Å². The van der Waals surface area contributed by atoms with Crippen LogP contribution < -0.4 is 0 Å². The molecule has 0 aromatic carbocycles. The van der Waals surface area contributed by atoms with Crippen molar-refractivity contribution in [2.45, 2.75) is 44.6 Å². The summed E-state index contributed by atoms with van der Waals surface area (Å²) in [4.78, 5) is 0. The van der Waals surface area contributed by atoms with Crippen molar-refractivity contribution in [2.24, 2.45) is 5.41 Å². The van der Waals surface area contributed by atoms with E-state index in [4.69, 9.17) is 21.1 Å². The number of hydrogen-bond acceptors (Lipinski definition) is 2. The van der Waals surface area contributed by atoms with Crippen LogP contribution in [0.25, 0.3) is 0 Å². The minimum Gasteiger partial charge on any atom is -0.382 e. The van der Waals surface area contributed by atoms with Crippen LogP contribution in [0.3, 0.4) is 0 Å². The third-order valence-corrected chi connectivity index (χ3v) is 4.22. The largest absolute Gasteiger partial charge is 0.382 e. The van der Waals surface area contributed by atoms with E-state index < -0.39 is 0 Å². The molecule has 0 aromatic heterocycles. The van der Waals surface area contributed by atoms with E-state index in [9.17, 15) is 0 Å². The summed E-state index contributed by atoms with van der Waals surface area (Å²) in [6.07, 6.45) is 3.55. The van der Waals surface area contributed by atoms with Gasteiger partial charge in [0.1, 0.15) is 0 Å². The lowest BCUT2D eigenvalue weighted by molar-refractivity contribution is -0.119. The van der Waals surface area contributed by atoms with Gasteiger partial charge in [-0.1, -0.05) is 13.8 Å². The molecule has 0 amide bonds. The summed E-state index contributed by atoms with van der Waals surface area (Å²) in [6, 6.07) is 0. The number of halogens is 1. The first-order chi connectivity index (χ1) is 6.71. The smallest absolute Gasteiger partial charge is 0.0704 e. The molecule has 1 rings (SSSR count). The van der Waals surface area contributed by atoms with Crippen molar-refractivity contribution < 1.29 is 9.47 Å². The minimum atomic E-state index is 0.218. The second-order valence-corrected chi connectivity index (χ2v) is 4.52. The van der Waals surface area contributed by atoms with E-state index in [2.05, 4.69) is 13.8 Å². The van der Waals surface area contributed by atoms with Crippen molar-refractivity contribution in [2.75, 3.05) is 20.3 Å². The van der Waals surface area contributed by atoms with Crippen LogP contribution in [0.4, 0.5) is 0 Å². The Labute approximate surface area is 91.9 Å². The van der Waals surface area contributed by atoms with Gasteiger partial charge in [0, 0.05) is 17.9 Å². The number of alkyl halides is 1. The van der Waals surface area contributed by atoms with Gasteiger partial charge in [0.2, 0.25) is 0 Å². The van der Waals surface area contributed by atoms with Crippen LogP contribution in [0.2, 0.25) is 0 Å². The molecule has 0 N–H and O–H groups in total. The SMILES string of the molecule is CCC1(CC)C(Cl)CC1OCCOC. The van der Waals surface area contributed by atoms with E-state index in [0.717, 1.165) is 19.3 Å². The zero-order valence-corrected chi connectivity index (χ0v) is 10.1. The van der Waals surface area contributed by atoms with E-state index in [1.165, 1.54) is 0 Å². The molecule has 3 heteroatoms. The Morgan fingerprint density at radius 2 is 1.93 bits per heavy atom. The standard InChI is InChI=1S/C11H21ClO2/c1-4-11(5-2)9(12)8-10(11)14-7-6-13-3/h9-10H,4-8H2,1-3H3. The van der Waals surface area contributed by atoms with Crippen LogP contribution in [-0.2, 0) is 9.47 Å². The molecule has 0 spiro atoms. The molecule has 1 fully saturated rings. The van der Waals surface area contributed by atoms with Crippen molar-refractivity contribution >= 4 is 11.6 Å². The Morgan fingerprint density at radius 1 is 1.29 bits per heavy atom. The normalized spacial score (nSPS) is 30.0. The molecule has 0 saturated heterocycles. The summed E-state index contributed by atoms with van der Waals surface area (Å²) in [6.45, 7) is 5.76. The van der Waals surface area contributed by atoms with Gasteiger partial charge >= 0.3 is 0 Å². The van der Waals surface area contributed by atoms with E-state index >= 15 is 0 Å². The molecule has 0 bridgehead atoms. The summed E-state index contributed by atoms with van der Waals surface area (Å²) in [5, 5.41) is 0.296. The quantitative estimate of drug-likeness (QED) is 0.506. The van der Waals surface area contributed by atoms with Gasteiger partial charge < -0.3 is 9.47 Å². The Bertz CT molecular complexity index is 169.